The molecule has 0 fully saturated rings. The van der Waals surface area contributed by atoms with Crippen molar-refractivity contribution in [2.75, 3.05) is 13.1 Å². The Morgan fingerprint density at radius 2 is 2.12 bits per heavy atom. The summed E-state index contributed by atoms with van der Waals surface area (Å²) in [6, 6.07) is 1.94. The maximum absolute atomic E-state index is 12.5. The Bertz CT molecular complexity index is 1020. The second kappa shape index (κ2) is 6.09. The summed E-state index contributed by atoms with van der Waals surface area (Å²) in [5.41, 5.74) is 2.94. The molecule has 1 aliphatic heterocycles. The molecule has 7 heteroatoms. The van der Waals surface area contributed by atoms with E-state index < -0.39 is 5.60 Å². The van der Waals surface area contributed by atoms with Crippen LogP contribution in [0.2, 0.25) is 0 Å². The third-order valence-electron chi connectivity index (χ3n) is 4.29. The summed E-state index contributed by atoms with van der Waals surface area (Å²) in [5, 5.41) is 1.93. The molecule has 4 rings (SSSR count). The van der Waals surface area contributed by atoms with E-state index >= 15 is 0 Å². The third kappa shape index (κ3) is 3.00. The van der Waals surface area contributed by atoms with E-state index in [1.807, 2.05) is 26.8 Å². The van der Waals surface area contributed by atoms with Crippen LogP contribution in [0.5, 0.6) is 0 Å². The van der Waals surface area contributed by atoms with Crippen LogP contribution >= 0.6 is 0 Å². The molecular formula is C19H21N5O2. The van der Waals surface area contributed by atoms with Gasteiger partial charge in [-0.2, -0.15) is 0 Å². The van der Waals surface area contributed by atoms with E-state index in [2.05, 4.69) is 26.0 Å². The van der Waals surface area contributed by atoms with Gasteiger partial charge in [-0.05, 0) is 38.8 Å². The Kier molecular flexibility index (Phi) is 3.86. The number of nitrogens with one attached hydrogen (secondary N) is 1. The summed E-state index contributed by atoms with van der Waals surface area (Å²) < 4.78 is 5.52. The number of pyridine rings is 1. The van der Waals surface area contributed by atoms with Crippen LogP contribution in [0.1, 0.15) is 32.9 Å². The Morgan fingerprint density at radius 1 is 1.27 bits per heavy atom. The molecule has 1 aliphatic rings. The molecule has 0 saturated carbocycles. The van der Waals surface area contributed by atoms with E-state index in [-0.39, 0.29) is 6.09 Å². The van der Waals surface area contributed by atoms with E-state index in [1.54, 1.807) is 23.6 Å². The highest BCUT2D eigenvalue weighted by molar-refractivity contribution is 6.08. The van der Waals surface area contributed by atoms with Crippen molar-refractivity contribution in [1.29, 1.82) is 0 Å². The van der Waals surface area contributed by atoms with Crippen LogP contribution in [0.4, 0.5) is 4.79 Å². The molecule has 3 aromatic heterocycles. The van der Waals surface area contributed by atoms with Gasteiger partial charge >= 0.3 is 6.09 Å². The van der Waals surface area contributed by atoms with Gasteiger partial charge in [0.1, 0.15) is 5.60 Å². The predicted octanol–water partition coefficient (Wildman–Crippen LogP) is 3.53. The highest BCUT2D eigenvalue weighted by Crippen LogP contribution is 2.30. The van der Waals surface area contributed by atoms with Crippen molar-refractivity contribution in [3.63, 3.8) is 0 Å². The highest BCUT2D eigenvalue weighted by Gasteiger charge is 2.26. The fraction of sp³-hybridized carbons (Fsp3) is 0.368. The molecular weight excluding hydrogens is 330 g/mol. The lowest BCUT2D eigenvalue weighted by molar-refractivity contribution is 0.0273. The maximum atomic E-state index is 12.5. The molecule has 0 spiro atoms. The first-order chi connectivity index (χ1) is 12.4. The van der Waals surface area contributed by atoms with Crippen molar-refractivity contribution >= 4 is 33.6 Å². The quantitative estimate of drug-likeness (QED) is 0.725. The van der Waals surface area contributed by atoms with Gasteiger partial charge in [0.2, 0.25) is 0 Å². The topological polar surface area (TPSA) is 84.0 Å². The van der Waals surface area contributed by atoms with Gasteiger partial charge < -0.3 is 14.6 Å². The van der Waals surface area contributed by atoms with Gasteiger partial charge in [-0.25, -0.2) is 19.7 Å². The average Bonchev–Trinajstić information content (AvgIpc) is 3.09. The number of nitrogens with zero attached hydrogens (tertiary/aromatic N) is 4. The summed E-state index contributed by atoms with van der Waals surface area (Å²) in [7, 11) is 0. The van der Waals surface area contributed by atoms with Crippen LogP contribution in [0.15, 0.2) is 30.9 Å². The molecule has 3 aromatic rings. The van der Waals surface area contributed by atoms with Crippen LogP contribution in [0, 0.1) is 0 Å². The summed E-state index contributed by atoms with van der Waals surface area (Å²) in [6.45, 7) is 6.74. The largest absolute Gasteiger partial charge is 0.444 e. The number of H-pyrrole nitrogens is 1. The van der Waals surface area contributed by atoms with Crippen LogP contribution in [-0.4, -0.2) is 49.6 Å². The Balaban J connectivity index is 1.73. The molecule has 134 valence electrons. The fourth-order valence-corrected chi connectivity index (χ4v) is 3.20. The van der Waals surface area contributed by atoms with E-state index in [1.165, 1.54) is 0 Å². The van der Waals surface area contributed by atoms with Crippen LogP contribution in [-0.2, 0) is 4.74 Å². The van der Waals surface area contributed by atoms with Gasteiger partial charge in [0.25, 0.3) is 0 Å². The number of aromatic nitrogens is 4. The first-order valence-electron chi connectivity index (χ1n) is 8.66. The van der Waals surface area contributed by atoms with Crippen molar-refractivity contribution in [2.45, 2.75) is 32.8 Å². The predicted molar refractivity (Wildman–Crippen MR) is 99.6 cm³/mol. The summed E-state index contributed by atoms with van der Waals surface area (Å²) in [6.07, 6.45) is 7.79. The fourth-order valence-electron chi connectivity index (χ4n) is 3.20. The summed E-state index contributed by atoms with van der Waals surface area (Å²) >= 11 is 0. The van der Waals surface area contributed by atoms with E-state index in [0.29, 0.717) is 18.7 Å². The molecule has 0 bridgehead atoms. The number of fused-ring (bicyclic) bond motifs is 3. The molecule has 4 heterocycles. The van der Waals surface area contributed by atoms with E-state index in [4.69, 9.17) is 4.74 Å². The van der Waals surface area contributed by atoms with Crippen molar-refractivity contribution in [3.05, 3.63) is 36.6 Å². The molecule has 0 aromatic carbocycles. The lowest BCUT2D eigenvalue weighted by Crippen LogP contribution is -2.39. The zero-order chi connectivity index (χ0) is 18.3. The van der Waals surface area contributed by atoms with Gasteiger partial charge in [-0.15, -0.1) is 0 Å². The number of carbonyl (C=O) groups is 1. The van der Waals surface area contributed by atoms with Crippen LogP contribution in [0.3, 0.4) is 0 Å². The number of amides is 1. The molecule has 0 aliphatic carbocycles. The number of aromatic amines is 1. The molecule has 1 amide bonds. The van der Waals surface area contributed by atoms with Gasteiger partial charge in [0, 0.05) is 23.5 Å². The minimum atomic E-state index is -0.510. The van der Waals surface area contributed by atoms with Crippen LogP contribution < -0.4 is 0 Å². The molecule has 0 radical (unpaired) electrons. The average molecular weight is 351 g/mol. The zero-order valence-electron chi connectivity index (χ0n) is 15.1. The molecule has 0 atom stereocenters. The van der Waals surface area contributed by atoms with Crippen molar-refractivity contribution in [2.24, 2.45) is 0 Å². The molecule has 0 saturated heterocycles. The van der Waals surface area contributed by atoms with Gasteiger partial charge in [-0.3, -0.25) is 0 Å². The van der Waals surface area contributed by atoms with Gasteiger partial charge in [0.15, 0.2) is 5.65 Å². The SMILES string of the molecule is CC(C)(C)OC(=O)N1CCC=C(c2nc[nH]c3cnc4nccc4c23)C1. The first-order valence-corrected chi connectivity index (χ1v) is 8.66. The normalized spacial score (nSPS) is 15.3. The number of rotatable bonds is 1. The summed E-state index contributed by atoms with van der Waals surface area (Å²) in [5.74, 6) is 0. The van der Waals surface area contributed by atoms with E-state index in [0.717, 1.165) is 34.0 Å². The molecule has 1 N–H and O–H groups in total. The monoisotopic (exact) mass is 351 g/mol. The number of hydrogen-bond acceptors (Lipinski definition) is 5. The van der Waals surface area contributed by atoms with Crippen LogP contribution in [0.25, 0.3) is 27.5 Å². The molecule has 26 heavy (non-hydrogen) atoms. The lowest BCUT2D eigenvalue weighted by Gasteiger charge is -2.30. The van der Waals surface area contributed by atoms with Crippen molar-refractivity contribution < 1.29 is 9.53 Å². The Hall–Kier alpha value is -2.96. The Morgan fingerprint density at radius 3 is 2.92 bits per heavy atom. The lowest BCUT2D eigenvalue weighted by atomic mass is 10.0. The zero-order valence-corrected chi connectivity index (χ0v) is 15.1. The maximum Gasteiger partial charge on any atom is 0.410 e. The number of ether oxygens (including phenoxy) is 1. The minimum Gasteiger partial charge on any atom is -0.444 e. The minimum absolute atomic E-state index is 0.295. The standard InChI is InChI=1S/C19H21N5O2/c1-19(2,3)26-18(25)24-8-4-5-12(10-24)16-15-13-6-7-20-17(13)21-9-14(15)22-11-23-16/h5-7,9,11H,4,8,10H2,1-3H3,(H,22,23). The Labute approximate surface area is 151 Å². The van der Waals surface area contributed by atoms with Gasteiger partial charge in [0.05, 0.1) is 30.3 Å². The highest BCUT2D eigenvalue weighted by atomic mass is 16.6. The number of carbonyl (C=O) groups excluding carboxylic acids is 1. The smallest absolute Gasteiger partial charge is 0.410 e. The number of hydrogen-bond donors (Lipinski definition) is 1. The van der Waals surface area contributed by atoms with Crippen molar-refractivity contribution in [1.82, 2.24) is 24.8 Å². The van der Waals surface area contributed by atoms with E-state index in [9.17, 15) is 4.79 Å². The molecule has 7 nitrogen and oxygen atoms in total. The second-order valence-electron chi connectivity index (χ2n) is 7.40. The third-order valence-corrected chi connectivity index (χ3v) is 4.29. The van der Waals surface area contributed by atoms with Crippen molar-refractivity contribution in [3.8, 4) is 0 Å². The second-order valence-corrected chi connectivity index (χ2v) is 7.40. The summed E-state index contributed by atoms with van der Waals surface area (Å²) in [4.78, 5) is 30.5. The molecule has 0 unspecified atom stereocenters. The first kappa shape index (κ1) is 16.5. The van der Waals surface area contributed by atoms with Gasteiger partial charge in [-0.1, -0.05) is 6.08 Å².